The number of fused-ring (bicyclic) bond motifs is 7. The molecular weight excluding hydrogens is 278 g/mol. The molecule has 0 spiro atoms. The number of epoxide rings is 1. The Morgan fingerprint density at radius 2 is 2.00 bits per heavy atom. The molecular formula is C18H21NO3. The summed E-state index contributed by atoms with van der Waals surface area (Å²) in [6.07, 6.45) is 4.31. The van der Waals surface area contributed by atoms with Crippen molar-refractivity contribution in [2.75, 3.05) is 5.32 Å². The normalized spacial score (nSPS) is 43.6. The quantitative estimate of drug-likeness (QED) is 0.852. The zero-order chi connectivity index (χ0) is 14.8. The van der Waals surface area contributed by atoms with E-state index >= 15 is 0 Å². The van der Waals surface area contributed by atoms with Crippen molar-refractivity contribution in [3.8, 4) is 0 Å². The molecule has 22 heavy (non-hydrogen) atoms. The molecule has 3 aliphatic carbocycles. The van der Waals surface area contributed by atoms with Crippen LogP contribution >= 0.6 is 0 Å². The summed E-state index contributed by atoms with van der Waals surface area (Å²) >= 11 is 0. The van der Waals surface area contributed by atoms with Gasteiger partial charge in [0.2, 0.25) is 0 Å². The smallest absolute Gasteiger partial charge is 0.411 e. The first kappa shape index (κ1) is 12.9. The van der Waals surface area contributed by atoms with E-state index in [4.69, 9.17) is 9.47 Å². The van der Waals surface area contributed by atoms with E-state index in [0.717, 1.165) is 23.9 Å². The Morgan fingerprint density at radius 1 is 1.18 bits per heavy atom. The summed E-state index contributed by atoms with van der Waals surface area (Å²) < 4.78 is 11.5. The topological polar surface area (TPSA) is 50.9 Å². The van der Waals surface area contributed by atoms with Gasteiger partial charge in [-0.3, -0.25) is 5.32 Å². The predicted octanol–water partition coefficient (Wildman–Crippen LogP) is 3.36. The third-order valence-electron chi connectivity index (χ3n) is 6.24. The van der Waals surface area contributed by atoms with E-state index < -0.39 is 0 Å². The number of carbonyl (C=O) groups is 1. The molecule has 4 fully saturated rings. The Labute approximate surface area is 130 Å². The van der Waals surface area contributed by atoms with Crippen molar-refractivity contribution in [2.24, 2.45) is 23.7 Å². The van der Waals surface area contributed by atoms with Gasteiger partial charge < -0.3 is 9.47 Å². The predicted molar refractivity (Wildman–Crippen MR) is 81.5 cm³/mol. The highest BCUT2D eigenvalue weighted by atomic mass is 16.6. The zero-order valence-corrected chi connectivity index (χ0v) is 12.7. The highest BCUT2D eigenvalue weighted by Gasteiger charge is 2.67. The summed E-state index contributed by atoms with van der Waals surface area (Å²) in [5, 5.41) is 2.85. The van der Waals surface area contributed by atoms with Gasteiger partial charge in [0, 0.05) is 5.69 Å². The van der Waals surface area contributed by atoms with Gasteiger partial charge in [0.1, 0.15) is 6.10 Å². The SMILES string of the molecule is Cc1ccc(NC(=O)O[C@H]2C[C@@H]3C[C@@H]2[C@H]2C[C@H]4O[C@@H]4[C@H]32)cc1. The molecule has 1 heterocycles. The Balaban J connectivity index is 1.22. The van der Waals surface area contributed by atoms with Gasteiger partial charge in [-0.2, -0.15) is 0 Å². The van der Waals surface area contributed by atoms with E-state index in [0.29, 0.717) is 24.0 Å². The first-order chi connectivity index (χ1) is 10.7. The number of rotatable bonds is 2. The Hall–Kier alpha value is -1.55. The highest BCUT2D eigenvalue weighted by Crippen LogP contribution is 2.64. The molecule has 4 nitrogen and oxygen atoms in total. The fourth-order valence-corrected chi connectivity index (χ4v) is 5.32. The molecule has 0 unspecified atom stereocenters. The molecule has 1 amide bonds. The maximum absolute atomic E-state index is 12.1. The summed E-state index contributed by atoms with van der Waals surface area (Å²) in [5.41, 5.74) is 1.98. The number of hydrogen-bond donors (Lipinski definition) is 1. The summed E-state index contributed by atoms with van der Waals surface area (Å²) in [6.45, 7) is 2.03. The van der Waals surface area contributed by atoms with Gasteiger partial charge in [-0.1, -0.05) is 17.7 Å². The second kappa shape index (κ2) is 4.48. The van der Waals surface area contributed by atoms with Crippen molar-refractivity contribution in [1.82, 2.24) is 0 Å². The first-order valence-electron chi connectivity index (χ1n) is 8.39. The largest absolute Gasteiger partial charge is 0.446 e. The molecule has 7 atom stereocenters. The minimum Gasteiger partial charge on any atom is -0.446 e. The summed E-state index contributed by atoms with van der Waals surface area (Å²) in [6, 6.07) is 7.80. The van der Waals surface area contributed by atoms with Crippen LogP contribution in [0.1, 0.15) is 24.8 Å². The van der Waals surface area contributed by atoms with E-state index in [2.05, 4.69) is 5.32 Å². The number of anilines is 1. The molecule has 1 aliphatic heterocycles. The van der Waals surface area contributed by atoms with Crippen LogP contribution in [0.3, 0.4) is 0 Å². The number of benzene rings is 1. The third kappa shape index (κ3) is 1.89. The number of hydrogen-bond acceptors (Lipinski definition) is 3. The van der Waals surface area contributed by atoms with Crippen LogP contribution in [-0.4, -0.2) is 24.4 Å². The maximum atomic E-state index is 12.1. The van der Waals surface area contributed by atoms with E-state index in [1.165, 1.54) is 18.4 Å². The van der Waals surface area contributed by atoms with Gasteiger partial charge in [-0.05, 0) is 62.0 Å². The average Bonchev–Trinajstić information content (AvgIpc) is 2.84. The lowest BCUT2D eigenvalue weighted by Crippen LogP contribution is -2.35. The Morgan fingerprint density at radius 3 is 2.82 bits per heavy atom. The van der Waals surface area contributed by atoms with Crippen molar-refractivity contribution < 1.29 is 14.3 Å². The molecule has 5 rings (SSSR count). The van der Waals surface area contributed by atoms with E-state index in [1.54, 1.807) is 0 Å². The summed E-state index contributed by atoms with van der Waals surface area (Å²) in [5.74, 6) is 2.77. The lowest BCUT2D eigenvalue weighted by Gasteiger charge is -2.32. The standard InChI is InChI=1S/C18H21NO3/c1-9-2-4-11(5-3-9)19-18(20)22-14-7-10-6-12(14)13-8-15-17(21-15)16(10)13/h2-5,10,12-17H,6-8H2,1H3,(H,19,20)/t10-,12+,13+,14-,15+,16+,17-/m0/s1. The second-order valence-electron chi connectivity index (χ2n) is 7.45. The van der Waals surface area contributed by atoms with Crippen LogP contribution in [0.25, 0.3) is 0 Å². The Bertz CT molecular complexity index is 613. The van der Waals surface area contributed by atoms with Crippen LogP contribution in [0.5, 0.6) is 0 Å². The average molecular weight is 299 g/mol. The van der Waals surface area contributed by atoms with E-state index in [-0.39, 0.29) is 12.2 Å². The summed E-state index contributed by atoms with van der Waals surface area (Å²) in [4.78, 5) is 12.1. The van der Waals surface area contributed by atoms with Gasteiger partial charge >= 0.3 is 6.09 Å². The molecule has 1 N–H and O–H groups in total. The van der Waals surface area contributed by atoms with Crippen molar-refractivity contribution in [3.63, 3.8) is 0 Å². The number of nitrogens with one attached hydrogen (secondary N) is 1. The lowest BCUT2D eigenvalue weighted by molar-refractivity contribution is 0.0251. The second-order valence-corrected chi connectivity index (χ2v) is 7.45. The molecule has 0 radical (unpaired) electrons. The molecule has 1 saturated heterocycles. The molecule has 4 heteroatoms. The fourth-order valence-electron chi connectivity index (χ4n) is 5.32. The number of aryl methyl sites for hydroxylation is 1. The number of amides is 1. The minimum absolute atomic E-state index is 0.106. The third-order valence-corrected chi connectivity index (χ3v) is 6.24. The monoisotopic (exact) mass is 299 g/mol. The molecule has 1 aromatic carbocycles. The van der Waals surface area contributed by atoms with Crippen molar-refractivity contribution in [2.45, 2.75) is 44.5 Å². The van der Waals surface area contributed by atoms with Gasteiger partial charge in [-0.25, -0.2) is 4.79 Å². The lowest BCUT2D eigenvalue weighted by atomic mass is 9.79. The van der Waals surface area contributed by atoms with Gasteiger partial charge in [0.15, 0.2) is 0 Å². The zero-order valence-electron chi connectivity index (χ0n) is 12.7. The number of carbonyl (C=O) groups excluding carboxylic acids is 1. The number of ether oxygens (including phenoxy) is 2. The highest BCUT2D eigenvalue weighted by molar-refractivity contribution is 5.84. The molecule has 116 valence electrons. The van der Waals surface area contributed by atoms with Crippen molar-refractivity contribution >= 4 is 11.8 Å². The van der Waals surface area contributed by atoms with Gasteiger partial charge in [0.25, 0.3) is 0 Å². The van der Waals surface area contributed by atoms with Crippen molar-refractivity contribution in [3.05, 3.63) is 29.8 Å². The van der Waals surface area contributed by atoms with Gasteiger partial charge in [-0.15, -0.1) is 0 Å². The molecule has 0 aromatic heterocycles. The minimum atomic E-state index is -0.308. The van der Waals surface area contributed by atoms with Crippen LogP contribution in [-0.2, 0) is 9.47 Å². The maximum Gasteiger partial charge on any atom is 0.411 e. The van der Waals surface area contributed by atoms with E-state index in [9.17, 15) is 4.79 Å². The van der Waals surface area contributed by atoms with Crippen LogP contribution in [0.4, 0.5) is 10.5 Å². The van der Waals surface area contributed by atoms with Crippen LogP contribution in [0, 0.1) is 30.6 Å². The molecule has 2 bridgehead atoms. The fraction of sp³-hybridized carbons (Fsp3) is 0.611. The van der Waals surface area contributed by atoms with Crippen LogP contribution in [0.2, 0.25) is 0 Å². The molecule has 1 aromatic rings. The van der Waals surface area contributed by atoms with Crippen molar-refractivity contribution in [1.29, 1.82) is 0 Å². The molecule has 4 aliphatic rings. The van der Waals surface area contributed by atoms with Crippen LogP contribution in [0.15, 0.2) is 24.3 Å². The first-order valence-corrected chi connectivity index (χ1v) is 8.39. The van der Waals surface area contributed by atoms with Crippen LogP contribution < -0.4 is 5.32 Å². The molecule has 3 saturated carbocycles. The Kier molecular flexibility index (Phi) is 2.63. The summed E-state index contributed by atoms with van der Waals surface area (Å²) in [7, 11) is 0. The van der Waals surface area contributed by atoms with Gasteiger partial charge in [0.05, 0.1) is 12.2 Å². The van der Waals surface area contributed by atoms with E-state index in [1.807, 2.05) is 31.2 Å².